The molecule has 1 heterocycles. The lowest BCUT2D eigenvalue weighted by Gasteiger charge is -2.31. The monoisotopic (exact) mass is 299 g/mol. The molecule has 0 unspecified atom stereocenters. The van der Waals surface area contributed by atoms with Crippen molar-refractivity contribution < 1.29 is 13.2 Å². The summed E-state index contributed by atoms with van der Waals surface area (Å²) in [6, 6.07) is 9.03. The molecule has 0 saturated carbocycles. The van der Waals surface area contributed by atoms with E-state index in [2.05, 4.69) is 0 Å². The maximum Gasteiger partial charge on any atom is 0.220 e. The van der Waals surface area contributed by atoms with E-state index >= 15 is 0 Å². The molecule has 0 aliphatic carbocycles. The molecule has 0 aromatic heterocycles. The van der Waals surface area contributed by atoms with E-state index in [1.54, 1.807) is 12.1 Å². The lowest BCUT2D eigenvalue weighted by molar-refractivity contribution is -0.109. The van der Waals surface area contributed by atoms with Crippen LogP contribution >= 0.6 is 11.8 Å². The Labute approximate surface area is 118 Å². The van der Waals surface area contributed by atoms with Crippen LogP contribution in [0.1, 0.15) is 19.4 Å². The van der Waals surface area contributed by atoms with Crippen LogP contribution in [0.4, 0.5) is 0 Å². The molecule has 6 heteroatoms. The van der Waals surface area contributed by atoms with Crippen LogP contribution < -0.4 is 0 Å². The topological polar surface area (TPSA) is 54.5 Å². The van der Waals surface area contributed by atoms with Gasteiger partial charge in [0.05, 0.1) is 5.75 Å². The average molecular weight is 299 g/mol. The Morgan fingerprint density at radius 2 is 2.00 bits per heavy atom. The molecule has 1 aromatic carbocycles. The second-order valence-corrected chi connectivity index (χ2v) is 8.14. The van der Waals surface area contributed by atoms with Crippen molar-refractivity contribution in [3.05, 3.63) is 35.9 Å². The van der Waals surface area contributed by atoms with Crippen LogP contribution in [-0.4, -0.2) is 35.7 Å². The molecule has 1 aromatic rings. The predicted octanol–water partition coefficient (Wildman–Crippen LogP) is 1.87. The third-order valence-corrected chi connectivity index (χ3v) is 6.73. The van der Waals surface area contributed by atoms with Crippen molar-refractivity contribution in [3.63, 3.8) is 0 Å². The fourth-order valence-electron chi connectivity index (χ4n) is 2.25. The van der Waals surface area contributed by atoms with Crippen LogP contribution in [0.2, 0.25) is 0 Å². The highest BCUT2D eigenvalue weighted by molar-refractivity contribution is 8.02. The summed E-state index contributed by atoms with van der Waals surface area (Å²) in [4.78, 5) is 11.1. The second-order valence-electron chi connectivity index (χ2n) is 5.19. The summed E-state index contributed by atoms with van der Waals surface area (Å²) in [5, 5.41) is -0.608. The van der Waals surface area contributed by atoms with Crippen molar-refractivity contribution in [1.29, 1.82) is 0 Å². The Kier molecular flexibility index (Phi) is 4.03. The van der Waals surface area contributed by atoms with E-state index in [1.807, 2.05) is 32.0 Å². The van der Waals surface area contributed by atoms with E-state index in [4.69, 9.17) is 0 Å². The third-order valence-electron chi connectivity index (χ3n) is 3.04. The van der Waals surface area contributed by atoms with Gasteiger partial charge in [0.1, 0.15) is 11.7 Å². The number of hydrogen-bond donors (Lipinski definition) is 0. The van der Waals surface area contributed by atoms with Gasteiger partial charge < -0.3 is 4.79 Å². The number of sulfonamides is 1. The molecule has 1 atom stereocenters. The molecule has 2 rings (SSSR count). The number of carbonyl (C=O) groups excluding carboxylic acids is 1. The third kappa shape index (κ3) is 3.01. The number of benzene rings is 1. The van der Waals surface area contributed by atoms with Crippen molar-refractivity contribution in [3.8, 4) is 0 Å². The summed E-state index contributed by atoms with van der Waals surface area (Å²) < 4.78 is 26.4. The average Bonchev–Trinajstić information content (AvgIpc) is 2.65. The highest BCUT2D eigenvalue weighted by Gasteiger charge is 2.47. The van der Waals surface area contributed by atoms with E-state index < -0.39 is 20.9 Å². The van der Waals surface area contributed by atoms with E-state index in [0.717, 1.165) is 5.56 Å². The first-order chi connectivity index (χ1) is 8.87. The Bertz CT molecular complexity index is 555. The molecule has 0 N–H and O–H groups in total. The van der Waals surface area contributed by atoms with Crippen LogP contribution in [-0.2, 0) is 20.6 Å². The Balaban J connectivity index is 2.30. The molecule has 0 radical (unpaired) electrons. The van der Waals surface area contributed by atoms with Gasteiger partial charge in [-0.05, 0) is 19.4 Å². The van der Waals surface area contributed by atoms with Crippen LogP contribution in [0.15, 0.2) is 30.3 Å². The maximum atomic E-state index is 12.5. The Morgan fingerprint density at radius 1 is 1.37 bits per heavy atom. The van der Waals surface area contributed by atoms with Crippen LogP contribution in [0.5, 0.6) is 0 Å². The summed E-state index contributed by atoms with van der Waals surface area (Å²) in [6.07, 6.45) is 0.710. The standard InChI is InChI=1S/C13H17NO3S2/c1-13(2)10-18-12(8-15)14(13)19(16,17)9-11-6-4-3-5-7-11/h3-8,12H,9-10H2,1-2H3/t12-/m0/s1. The smallest absolute Gasteiger partial charge is 0.220 e. The first-order valence-electron chi connectivity index (χ1n) is 6.00. The van der Waals surface area contributed by atoms with Crippen LogP contribution in [0.3, 0.4) is 0 Å². The van der Waals surface area contributed by atoms with Gasteiger partial charge in [-0.1, -0.05) is 30.3 Å². The number of aldehydes is 1. The highest BCUT2D eigenvalue weighted by atomic mass is 32.2. The van der Waals surface area contributed by atoms with Gasteiger partial charge in [0.25, 0.3) is 0 Å². The van der Waals surface area contributed by atoms with Gasteiger partial charge >= 0.3 is 0 Å². The van der Waals surface area contributed by atoms with Crippen LogP contribution in [0, 0.1) is 0 Å². The number of rotatable bonds is 4. The first-order valence-corrected chi connectivity index (χ1v) is 8.66. The second kappa shape index (κ2) is 5.26. The molecule has 1 fully saturated rings. The zero-order valence-corrected chi connectivity index (χ0v) is 12.6. The Hall–Kier alpha value is -0.850. The summed E-state index contributed by atoms with van der Waals surface area (Å²) in [7, 11) is -3.50. The molecular weight excluding hydrogens is 282 g/mol. The lowest BCUT2D eigenvalue weighted by atomic mass is 10.1. The van der Waals surface area contributed by atoms with Gasteiger partial charge in [-0.3, -0.25) is 0 Å². The molecule has 0 bridgehead atoms. The molecule has 4 nitrogen and oxygen atoms in total. The number of nitrogens with zero attached hydrogens (tertiary/aromatic N) is 1. The predicted molar refractivity (Wildman–Crippen MR) is 77.3 cm³/mol. The fraction of sp³-hybridized carbons (Fsp3) is 0.462. The number of thioether (sulfide) groups is 1. The molecule has 1 aliphatic rings. The van der Waals surface area contributed by atoms with Gasteiger partial charge in [-0.15, -0.1) is 11.8 Å². The van der Waals surface area contributed by atoms with Gasteiger partial charge in [-0.25, -0.2) is 8.42 Å². The number of carbonyl (C=O) groups is 1. The summed E-state index contributed by atoms with van der Waals surface area (Å²) in [5.74, 6) is 0.562. The van der Waals surface area contributed by atoms with E-state index in [-0.39, 0.29) is 5.75 Å². The summed E-state index contributed by atoms with van der Waals surface area (Å²) in [5.41, 5.74) is 0.212. The van der Waals surface area contributed by atoms with Crippen molar-refractivity contribution >= 4 is 28.1 Å². The minimum absolute atomic E-state index is 0.0673. The van der Waals surface area contributed by atoms with Crippen molar-refractivity contribution in [2.24, 2.45) is 0 Å². The number of hydrogen-bond acceptors (Lipinski definition) is 4. The minimum Gasteiger partial charge on any atom is -0.301 e. The first kappa shape index (κ1) is 14.6. The molecule has 0 amide bonds. The molecule has 104 valence electrons. The van der Waals surface area contributed by atoms with Gasteiger partial charge in [0.2, 0.25) is 10.0 Å². The fourth-order valence-corrected chi connectivity index (χ4v) is 6.06. The van der Waals surface area contributed by atoms with Crippen molar-refractivity contribution in [2.45, 2.75) is 30.5 Å². The molecule has 1 aliphatic heterocycles. The van der Waals surface area contributed by atoms with Gasteiger partial charge in [0.15, 0.2) is 0 Å². The zero-order valence-electron chi connectivity index (χ0n) is 10.9. The normalized spacial score (nSPS) is 23.4. The SMILES string of the molecule is CC1(C)CS[C@@H](C=O)N1S(=O)(=O)Cc1ccccc1. The summed E-state index contributed by atoms with van der Waals surface area (Å²) in [6.45, 7) is 3.71. The minimum atomic E-state index is -3.50. The molecular formula is C13H17NO3S2. The molecule has 0 spiro atoms. The quantitative estimate of drug-likeness (QED) is 0.797. The summed E-state index contributed by atoms with van der Waals surface area (Å²) >= 11 is 1.37. The van der Waals surface area contributed by atoms with Crippen molar-refractivity contribution in [2.75, 3.05) is 5.75 Å². The van der Waals surface area contributed by atoms with E-state index in [0.29, 0.717) is 12.0 Å². The Morgan fingerprint density at radius 3 is 2.58 bits per heavy atom. The maximum absolute atomic E-state index is 12.5. The van der Waals surface area contributed by atoms with Gasteiger partial charge in [-0.2, -0.15) is 4.31 Å². The van der Waals surface area contributed by atoms with Gasteiger partial charge in [0, 0.05) is 11.3 Å². The lowest BCUT2D eigenvalue weighted by Crippen LogP contribution is -2.48. The zero-order chi connectivity index (χ0) is 14.1. The van der Waals surface area contributed by atoms with E-state index in [1.165, 1.54) is 16.1 Å². The van der Waals surface area contributed by atoms with Crippen LogP contribution in [0.25, 0.3) is 0 Å². The molecule has 1 saturated heterocycles. The molecule has 19 heavy (non-hydrogen) atoms. The van der Waals surface area contributed by atoms with Crippen molar-refractivity contribution in [1.82, 2.24) is 4.31 Å². The van der Waals surface area contributed by atoms with E-state index in [9.17, 15) is 13.2 Å². The highest BCUT2D eigenvalue weighted by Crippen LogP contribution is 2.38. The largest absolute Gasteiger partial charge is 0.301 e.